The number of para-hydroxylation sites is 1. The Labute approximate surface area is 176 Å². The fourth-order valence-electron chi connectivity index (χ4n) is 2.59. The van der Waals surface area contributed by atoms with Crippen LogP contribution in [0.4, 0.5) is 5.69 Å². The minimum atomic E-state index is -3.69. The van der Waals surface area contributed by atoms with Crippen LogP contribution in [0.1, 0.15) is 0 Å². The quantitative estimate of drug-likeness (QED) is 0.674. The summed E-state index contributed by atoms with van der Waals surface area (Å²) in [5.41, 5.74) is 0.205. The average Bonchev–Trinajstić information content (AvgIpc) is 2.69. The number of nitrogens with zero attached hydrogens (tertiary/aromatic N) is 1. The Kier molecular flexibility index (Phi) is 6.95. The van der Waals surface area contributed by atoms with Crippen molar-refractivity contribution in [1.82, 2.24) is 4.31 Å². The second kappa shape index (κ2) is 9.23. The van der Waals surface area contributed by atoms with Crippen molar-refractivity contribution >= 4 is 49.1 Å². The summed E-state index contributed by atoms with van der Waals surface area (Å²) in [7, 11) is -3.69. The second-order valence-corrected chi connectivity index (χ2v) is 9.12. The van der Waals surface area contributed by atoms with Crippen LogP contribution < -0.4 is 10.1 Å². The van der Waals surface area contributed by atoms with Crippen molar-refractivity contribution in [3.8, 4) is 5.75 Å². The largest absolute Gasteiger partial charge is 0.483 e. The Balaban J connectivity index is 1.71. The summed E-state index contributed by atoms with van der Waals surface area (Å²) in [4.78, 5) is 12.3. The minimum Gasteiger partial charge on any atom is -0.483 e. The molecule has 10 heteroatoms. The predicted octanol–water partition coefficient (Wildman–Crippen LogP) is 3.14. The number of sulfonamides is 1. The van der Waals surface area contributed by atoms with E-state index >= 15 is 0 Å². The fourth-order valence-corrected chi connectivity index (χ4v) is 4.59. The van der Waals surface area contributed by atoms with E-state index in [1.54, 1.807) is 18.2 Å². The number of hydrogen-bond donors (Lipinski definition) is 1. The van der Waals surface area contributed by atoms with Gasteiger partial charge in [0.2, 0.25) is 10.0 Å². The third-order valence-electron chi connectivity index (χ3n) is 4.02. The molecule has 7 nitrogen and oxygen atoms in total. The molecule has 1 N–H and O–H groups in total. The van der Waals surface area contributed by atoms with Crippen molar-refractivity contribution in [2.24, 2.45) is 0 Å². The number of halogens is 2. The second-order valence-electron chi connectivity index (χ2n) is 5.93. The van der Waals surface area contributed by atoms with Crippen molar-refractivity contribution in [2.45, 2.75) is 4.90 Å². The standard InChI is InChI=1S/C18H18BrClN2O5S/c19-14-3-1-2-4-17(14)27-12-18(23)21-16-11-13(5-6-15(16)20)28(24,25)22-7-9-26-10-8-22/h1-6,11H,7-10,12H2,(H,21,23). The zero-order chi connectivity index (χ0) is 20.1. The van der Waals surface area contributed by atoms with Gasteiger partial charge in [0.05, 0.1) is 33.3 Å². The van der Waals surface area contributed by atoms with E-state index in [2.05, 4.69) is 21.2 Å². The monoisotopic (exact) mass is 488 g/mol. The lowest BCUT2D eigenvalue weighted by Crippen LogP contribution is -2.40. The van der Waals surface area contributed by atoms with E-state index in [4.69, 9.17) is 21.1 Å². The highest BCUT2D eigenvalue weighted by Crippen LogP contribution is 2.28. The van der Waals surface area contributed by atoms with Gasteiger partial charge in [0.1, 0.15) is 5.75 Å². The topological polar surface area (TPSA) is 84.9 Å². The molecule has 28 heavy (non-hydrogen) atoms. The zero-order valence-corrected chi connectivity index (χ0v) is 17.9. The molecule has 2 aromatic rings. The molecular weight excluding hydrogens is 472 g/mol. The number of carbonyl (C=O) groups is 1. The predicted molar refractivity (Wildman–Crippen MR) is 109 cm³/mol. The lowest BCUT2D eigenvalue weighted by atomic mass is 10.3. The highest BCUT2D eigenvalue weighted by molar-refractivity contribution is 9.10. The lowest BCUT2D eigenvalue weighted by Gasteiger charge is -2.26. The van der Waals surface area contributed by atoms with Gasteiger partial charge >= 0.3 is 0 Å². The van der Waals surface area contributed by atoms with Crippen LogP contribution in [0.3, 0.4) is 0 Å². The average molecular weight is 490 g/mol. The molecule has 0 aromatic heterocycles. The molecule has 1 heterocycles. The zero-order valence-electron chi connectivity index (χ0n) is 14.7. The van der Waals surface area contributed by atoms with E-state index in [-0.39, 0.29) is 35.3 Å². The number of amides is 1. The van der Waals surface area contributed by atoms with Gasteiger partial charge in [-0.1, -0.05) is 23.7 Å². The Morgan fingerprint density at radius 3 is 2.64 bits per heavy atom. The van der Waals surface area contributed by atoms with Gasteiger partial charge in [-0.15, -0.1) is 0 Å². The maximum Gasteiger partial charge on any atom is 0.262 e. The van der Waals surface area contributed by atoms with E-state index in [0.29, 0.717) is 19.0 Å². The van der Waals surface area contributed by atoms with Crippen LogP contribution in [0, 0.1) is 0 Å². The Morgan fingerprint density at radius 2 is 1.93 bits per heavy atom. The molecule has 1 saturated heterocycles. The molecular formula is C18H18BrClN2O5S. The molecule has 1 aliphatic heterocycles. The summed E-state index contributed by atoms with van der Waals surface area (Å²) in [6.45, 7) is 1.02. The molecule has 0 atom stereocenters. The van der Waals surface area contributed by atoms with Crippen molar-refractivity contribution in [3.05, 3.63) is 52.0 Å². The van der Waals surface area contributed by atoms with Crippen LogP contribution in [-0.4, -0.2) is 51.5 Å². The van der Waals surface area contributed by atoms with Crippen LogP contribution >= 0.6 is 27.5 Å². The number of morpholine rings is 1. The van der Waals surface area contributed by atoms with Gasteiger partial charge in [0.25, 0.3) is 5.91 Å². The third kappa shape index (κ3) is 5.03. The lowest BCUT2D eigenvalue weighted by molar-refractivity contribution is -0.118. The van der Waals surface area contributed by atoms with Gasteiger partial charge in [0.15, 0.2) is 6.61 Å². The molecule has 1 aliphatic rings. The number of rotatable bonds is 6. The number of anilines is 1. The molecule has 0 aliphatic carbocycles. The molecule has 1 fully saturated rings. The molecule has 0 radical (unpaired) electrons. The van der Waals surface area contributed by atoms with Crippen molar-refractivity contribution < 1.29 is 22.7 Å². The van der Waals surface area contributed by atoms with Gasteiger partial charge in [-0.2, -0.15) is 4.31 Å². The number of nitrogens with one attached hydrogen (secondary N) is 1. The van der Waals surface area contributed by atoms with Crippen LogP contribution in [0.25, 0.3) is 0 Å². The summed E-state index contributed by atoms with van der Waals surface area (Å²) in [6, 6.07) is 11.3. The van der Waals surface area contributed by atoms with Crippen LogP contribution in [0.15, 0.2) is 51.8 Å². The molecule has 1 amide bonds. The molecule has 0 unspecified atom stereocenters. The number of ether oxygens (including phenoxy) is 2. The molecule has 3 rings (SSSR count). The summed E-state index contributed by atoms with van der Waals surface area (Å²) >= 11 is 9.46. The number of benzene rings is 2. The van der Waals surface area contributed by atoms with Gasteiger partial charge in [0, 0.05) is 13.1 Å². The SMILES string of the molecule is O=C(COc1ccccc1Br)Nc1cc(S(=O)(=O)N2CCOCC2)ccc1Cl. The highest BCUT2D eigenvalue weighted by atomic mass is 79.9. The molecule has 0 spiro atoms. The number of carbonyl (C=O) groups excluding carboxylic acids is 1. The van der Waals surface area contributed by atoms with E-state index < -0.39 is 15.9 Å². The van der Waals surface area contributed by atoms with Gasteiger partial charge in [-0.05, 0) is 46.3 Å². The Hall–Kier alpha value is -1.65. The van der Waals surface area contributed by atoms with Crippen LogP contribution in [0.5, 0.6) is 5.75 Å². The summed E-state index contributed by atoms with van der Waals surface area (Å²) < 4.78 is 38.3. The Bertz CT molecular complexity index is 964. The fraction of sp³-hybridized carbons (Fsp3) is 0.278. The summed E-state index contributed by atoms with van der Waals surface area (Å²) in [5.74, 6) is 0.0611. The van der Waals surface area contributed by atoms with Crippen molar-refractivity contribution in [2.75, 3.05) is 38.2 Å². The van der Waals surface area contributed by atoms with Gasteiger partial charge in [-0.25, -0.2) is 8.42 Å². The molecule has 150 valence electrons. The highest BCUT2D eigenvalue weighted by Gasteiger charge is 2.27. The van der Waals surface area contributed by atoms with Gasteiger partial charge < -0.3 is 14.8 Å². The van der Waals surface area contributed by atoms with E-state index in [9.17, 15) is 13.2 Å². The maximum atomic E-state index is 12.8. The van der Waals surface area contributed by atoms with E-state index in [0.717, 1.165) is 4.47 Å². The smallest absolute Gasteiger partial charge is 0.262 e. The molecule has 0 saturated carbocycles. The first-order valence-corrected chi connectivity index (χ1v) is 11.0. The van der Waals surface area contributed by atoms with Gasteiger partial charge in [-0.3, -0.25) is 4.79 Å². The van der Waals surface area contributed by atoms with Crippen LogP contribution in [-0.2, 0) is 19.6 Å². The minimum absolute atomic E-state index is 0.0563. The van der Waals surface area contributed by atoms with E-state index in [1.165, 1.54) is 22.5 Å². The summed E-state index contributed by atoms with van der Waals surface area (Å²) in [6.07, 6.45) is 0. The first-order chi connectivity index (χ1) is 13.4. The summed E-state index contributed by atoms with van der Waals surface area (Å²) in [5, 5.41) is 2.83. The van der Waals surface area contributed by atoms with Crippen LogP contribution in [0.2, 0.25) is 5.02 Å². The maximum absolute atomic E-state index is 12.8. The normalized spacial score (nSPS) is 15.2. The molecule has 2 aromatic carbocycles. The molecule has 0 bridgehead atoms. The first-order valence-electron chi connectivity index (χ1n) is 8.42. The third-order valence-corrected chi connectivity index (χ3v) is 6.89. The number of hydrogen-bond acceptors (Lipinski definition) is 5. The van der Waals surface area contributed by atoms with Crippen molar-refractivity contribution in [1.29, 1.82) is 0 Å². The Morgan fingerprint density at radius 1 is 1.21 bits per heavy atom. The first kappa shape index (κ1) is 21.1. The van der Waals surface area contributed by atoms with Crippen molar-refractivity contribution in [3.63, 3.8) is 0 Å². The van der Waals surface area contributed by atoms with E-state index in [1.807, 2.05) is 6.07 Å².